The smallest absolute Gasteiger partial charge is 0.415 e. The molecule has 4 aliphatic heterocycles. The SMILES string of the molecule is CCc1c2c([n+]([O-])c3ccc(OC(=O)N4CCC(N5CCCCC5)CC4)cc13)-c1cc3c(c(=O)n1C2)COC(=O)[C@]3(O)CC. The zero-order valence-electron chi connectivity index (χ0n) is 25.3. The summed E-state index contributed by atoms with van der Waals surface area (Å²) in [7, 11) is 0. The van der Waals surface area contributed by atoms with Crippen LogP contribution in [0.1, 0.15) is 74.6 Å². The van der Waals surface area contributed by atoms with Crippen molar-refractivity contribution in [3.8, 4) is 17.1 Å². The quantitative estimate of drug-likeness (QED) is 0.214. The molecule has 0 saturated carbocycles. The van der Waals surface area contributed by atoms with Crippen molar-refractivity contribution in [2.45, 2.75) is 83.6 Å². The van der Waals surface area contributed by atoms with E-state index in [1.807, 2.05) is 6.92 Å². The van der Waals surface area contributed by atoms with E-state index >= 15 is 0 Å². The highest BCUT2D eigenvalue weighted by molar-refractivity contribution is 5.87. The third kappa shape index (κ3) is 4.39. The molecule has 6 heterocycles. The summed E-state index contributed by atoms with van der Waals surface area (Å²) in [5.74, 6) is -0.437. The van der Waals surface area contributed by atoms with Crippen molar-refractivity contribution in [1.29, 1.82) is 0 Å². The molecule has 11 heteroatoms. The van der Waals surface area contributed by atoms with Crippen molar-refractivity contribution in [2.24, 2.45) is 0 Å². The summed E-state index contributed by atoms with van der Waals surface area (Å²) in [5, 5.41) is 25.7. The predicted octanol–water partition coefficient (Wildman–Crippen LogP) is 3.33. The van der Waals surface area contributed by atoms with Gasteiger partial charge >= 0.3 is 12.1 Å². The minimum atomic E-state index is -1.95. The number of likely N-dealkylation sites (tertiary alicyclic amines) is 2. The molecular weight excluding hydrogens is 564 g/mol. The number of aliphatic hydroxyl groups is 1. The van der Waals surface area contributed by atoms with E-state index in [9.17, 15) is 24.7 Å². The molecule has 2 aromatic heterocycles. The van der Waals surface area contributed by atoms with Crippen LogP contribution in [0.4, 0.5) is 4.79 Å². The maximum Gasteiger partial charge on any atom is 0.415 e. The van der Waals surface area contributed by atoms with Crippen LogP contribution in [0, 0.1) is 5.21 Å². The Hall–Kier alpha value is -3.96. The molecule has 1 atom stereocenters. The van der Waals surface area contributed by atoms with Gasteiger partial charge in [-0.1, -0.05) is 20.3 Å². The summed E-state index contributed by atoms with van der Waals surface area (Å²) in [4.78, 5) is 43.6. The number of carbonyl (C=O) groups excluding carboxylic acids is 2. The van der Waals surface area contributed by atoms with Crippen molar-refractivity contribution in [3.05, 3.63) is 62.1 Å². The maximum atomic E-state index is 13.9. The van der Waals surface area contributed by atoms with Crippen LogP contribution in [0.15, 0.2) is 29.1 Å². The zero-order valence-corrected chi connectivity index (χ0v) is 25.3. The average molecular weight is 603 g/mol. The van der Waals surface area contributed by atoms with Crippen molar-refractivity contribution < 1.29 is 28.9 Å². The molecule has 0 radical (unpaired) electrons. The highest BCUT2D eigenvalue weighted by Gasteiger charge is 2.46. The van der Waals surface area contributed by atoms with Gasteiger partial charge in [0, 0.05) is 30.8 Å². The second-order valence-corrected chi connectivity index (χ2v) is 12.4. The first-order valence-electron chi connectivity index (χ1n) is 15.8. The van der Waals surface area contributed by atoms with Crippen molar-refractivity contribution in [1.82, 2.24) is 14.4 Å². The minimum Gasteiger partial charge on any atom is -0.618 e. The number of amides is 1. The van der Waals surface area contributed by atoms with Gasteiger partial charge < -0.3 is 29.6 Å². The maximum absolute atomic E-state index is 13.9. The Morgan fingerprint density at radius 2 is 1.84 bits per heavy atom. The summed E-state index contributed by atoms with van der Waals surface area (Å²) in [6.07, 6.45) is 5.89. The number of fused-ring (bicyclic) bond motifs is 5. The number of nitrogens with zero attached hydrogens (tertiary/aromatic N) is 4. The Labute approximate surface area is 255 Å². The largest absolute Gasteiger partial charge is 0.618 e. The van der Waals surface area contributed by atoms with Gasteiger partial charge in [-0.3, -0.25) is 9.36 Å². The van der Waals surface area contributed by atoms with Gasteiger partial charge in [-0.05, 0) is 75.4 Å². The molecule has 2 saturated heterocycles. The number of pyridine rings is 2. The Balaban J connectivity index is 1.19. The molecule has 0 spiro atoms. The fourth-order valence-corrected chi connectivity index (χ4v) is 7.65. The van der Waals surface area contributed by atoms with Crippen LogP contribution in [0.3, 0.4) is 0 Å². The van der Waals surface area contributed by atoms with E-state index in [0.29, 0.717) is 59.2 Å². The van der Waals surface area contributed by atoms with Gasteiger partial charge in [0.25, 0.3) is 5.56 Å². The first kappa shape index (κ1) is 28.8. The standard InChI is InChI=1S/C33H38N4O7/c1-3-22-23-16-21(44-32(40)35-14-10-20(11-15-35)34-12-6-5-7-13-34)8-9-27(23)37(42)29-24(22)18-36-28(29)17-26-25(30(36)38)19-43-31(39)33(26,41)4-2/h8-9,16-17,20,41H,3-7,10-15,18-19H2,1-2H3/t33-/m0/s1. The first-order valence-corrected chi connectivity index (χ1v) is 15.8. The Kier molecular flexibility index (Phi) is 7.12. The highest BCUT2D eigenvalue weighted by Crippen LogP contribution is 2.40. The Morgan fingerprint density at radius 1 is 1.09 bits per heavy atom. The van der Waals surface area contributed by atoms with E-state index in [0.717, 1.165) is 36.2 Å². The van der Waals surface area contributed by atoms with Crippen LogP contribution in [-0.4, -0.2) is 63.8 Å². The van der Waals surface area contributed by atoms with E-state index < -0.39 is 17.1 Å². The molecule has 2 fully saturated rings. The van der Waals surface area contributed by atoms with Gasteiger partial charge in [-0.2, -0.15) is 4.73 Å². The van der Waals surface area contributed by atoms with E-state index in [1.165, 1.54) is 23.8 Å². The molecule has 7 rings (SSSR count). The number of hydrogen-bond donors (Lipinski definition) is 1. The highest BCUT2D eigenvalue weighted by atomic mass is 16.6. The van der Waals surface area contributed by atoms with Crippen LogP contribution in [0.5, 0.6) is 5.75 Å². The van der Waals surface area contributed by atoms with Crippen LogP contribution >= 0.6 is 0 Å². The first-order chi connectivity index (χ1) is 21.2. The normalized spacial score (nSPS) is 22.0. The fraction of sp³-hybridized carbons (Fsp3) is 0.515. The lowest BCUT2D eigenvalue weighted by Crippen LogP contribution is -2.48. The number of rotatable bonds is 4. The summed E-state index contributed by atoms with van der Waals surface area (Å²) in [6.45, 7) is 7.18. The van der Waals surface area contributed by atoms with Crippen LogP contribution < -0.4 is 15.0 Å². The fourth-order valence-electron chi connectivity index (χ4n) is 7.65. The van der Waals surface area contributed by atoms with Gasteiger partial charge in [-0.15, -0.1) is 0 Å². The van der Waals surface area contributed by atoms with Crippen molar-refractivity contribution >= 4 is 23.0 Å². The topological polar surface area (TPSA) is 128 Å². The lowest BCUT2D eigenvalue weighted by molar-refractivity contribution is -0.565. The number of cyclic esters (lactones) is 1. The second-order valence-electron chi connectivity index (χ2n) is 12.4. The lowest BCUT2D eigenvalue weighted by atomic mass is 9.86. The molecule has 1 N–H and O–H groups in total. The number of benzene rings is 1. The molecule has 1 aromatic carbocycles. The molecule has 1 amide bonds. The molecular formula is C33H38N4O7. The number of carbonyl (C=O) groups is 2. The molecule has 0 bridgehead atoms. The molecule has 0 unspecified atom stereocenters. The van der Waals surface area contributed by atoms with E-state index in [2.05, 4.69) is 4.90 Å². The van der Waals surface area contributed by atoms with Gasteiger partial charge in [0.2, 0.25) is 11.2 Å². The summed E-state index contributed by atoms with van der Waals surface area (Å²) >= 11 is 0. The minimum absolute atomic E-state index is 0.0296. The molecule has 0 aliphatic carbocycles. The zero-order chi connectivity index (χ0) is 30.7. The Bertz CT molecular complexity index is 1740. The molecule has 11 nitrogen and oxygen atoms in total. The summed E-state index contributed by atoms with van der Waals surface area (Å²) in [5.41, 5.74) is 0.717. The van der Waals surface area contributed by atoms with Crippen LogP contribution in [0.25, 0.3) is 22.3 Å². The summed E-state index contributed by atoms with van der Waals surface area (Å²) in [6, 6.07) is 7.12. The van der Waals surface area contributed by atoms with Crippen molar-refractivity contribution in [3.63, 3.8) is 0 Å². The lowest BCUT2D eigenvalue weighted by Gasteiger charge is -2.39. The second kappa shape index (κ2) is 10.9. The van der Waals surface area contributed by atoms with Gasteiger partial charge in [-0.25, -0.2) is 9.59 Å². The summed E-state index contributed by atoms with van der Waals surface area (Å²) < 4.78 is 13.3. The van der Waals surface area contributed by atoms with Gasteiger partial charge in [0.15, 0.2) is 5.60 Å². The third-order valence-electron chi connectivity index (χ3n) is 10.2. The molecule has 4 aliphatic rings. The van der Waals surface area contributed by atoms with Crippen LogP contribution in [-0.2, 0) is 34.7 Å². The van der Waals surface area contributed by atoms with Crippen molar-refractivity contribution in [2.75, 3.05) is 26.2 Å². The monoisotopic (exact) mass is 602 g/mol. The van der Waals surface area contributed by atoms with Gasteiger partial charge in [0.1, 0.15) is 18.1 Å². The average Bonchev–Trinajstić information content (AvgIpc) is 3.44. The van der Waals surface area contributed by atoms with Gasteiger partial charge in [0.05, 0.1) is 23.1 Å². The number of esters is 1. The number of aryl methyl sites for hydroxylation is 1. The van der Waals surface area contributed by atoms with E-state index in [4.69, 9.17) is 9.47 Å². The molecule has 3 aromatic rings. The molecule has 44 heavy (non-hydrogen) atoms. The Morgan fingerprint density at radius 3 is 2.55 bits per heavy atom. The molecule has 232 valence electrons. The number of ether oxygens (including phenoxy) is 2. The van der Waals surface area contributed by atoms with Crippen LogP contribution in [0.2, 0.25) is 0 Å². The predicted molar refractivity (Wildman–Crippen MR) is 161 cm³/mol. The van der Waals surface area contributed by atoms with E-state index in [1.54, 1.807) is 36.1 Å². The number of hydrogen-bond acceptors (Lipinski definition) is 8. The van der Waals surface area contributed by atoms with E-state index in [-0.39, 0.29) is 36.8 Å². The number of piperidine rings is 2. The third-order valence-corrected chi connectivity index (χ3v) is 10.2. The number of aromatic nitrogens is 2.